The summed E-state index contributed by atoms with van der Waals surface area (Å²) in [7, 11) is 0. The maximum Gasteiger partial charge on any atom is 0.195 e. The van der Waals surface area contributed by atoms with Gasteiger partial charge in [-0.15, -0.1) is 0 Å². The fourth-order valence-electron chi connectivity index (χ4n) is 5.23. The molecule has 6 aromatic rings. The summed E-state index contributed by atoms with van der Waals surface area (Å²) in [6.07, 6.45) is 1.53. The Labute approximate surface area is 220 Å². The van der Waals surface area contributed by atoms with Crippen LogP contribution < -0.4 is 15.1 Å². The highest BCUT2D eigenvalue weighted by atomic mass is 16.5. The van der Waals surface area contributed by atoms with Gasteiger partial charge in [0.25, 0.3) is 0 Å². The number of ether oxygens (including phenoxy) is 1. The van der Waals surface area contributed by atoms with Crippen molar-refractivity contribution in [1.29, 1.82) is 0 Å². The normalized spacial score (nSPS) is 12.1. The first-order valence-electron chi connectivity index (χ1n) is 12.6. The number of benzene rings is 5. The zero-order valence-electron chi connectivity index (χ0n) is 20.7. The van der Waals surface area contributed by atoms with E-state index in [-0.39, 0.29) is 5.43 Å². The van der Waals surface area contributed by atoms with E-state index in [1.165, 1.54) is 6.26 Å². The van der Waals surface area contributed by atoms with Gasteiger partial charge in [0.1, 0.15) is 17.1 Å². The summed E-state index contributed by atoms with van der Waals surface area (Å²) in [4.78, 5) is 15.0. The van der Waals surface area contributed by atoms with Gasteiger partial charge in [0.05, 0.1) is 23.0 Å². The minimum atomic E-state index is -0.0143. The van der Waals surface area contributed by atoms with Gasteiger partial charge in [-0.3, -0.25) is 4.79 Å². The molecule has 0 N–H and O–H groups in total. The molecular weight excluding hydrogens is 470 g/mol. The monoisotopic (exact) mass is 493 g/mol. The topological polar surface area (TPSA) is 42.7 Å². The van der Waals surface area contributed by atoms with Crippen LogP contribution in [0.25, 0.3) is 33.2 Å². The molecule has 0 fully saturated rings. The molecule has 0 atom stereocenters. The highest BCUT2D eigenvalue weighted by Crippen LogP contribution is 2.49. The predicted molar refractivity (Wildman–Crippen MR) is 153 cm³/mol. The Hall–Kier alpha value is -5.09. The van der Waals surface area contributed by atoms with Crippen LogP contribution in [0.1, 0.15) is 5.56 Å². The maximum absolute atomic E-state index is 12.8. The minimum Gasteiger partial charge on any atom is -0.464 e. The van der Waals surface area contributed by atoms with E-state index in [1.807, 2.05) is 78.9 Å². The molecule has 182 valence electrons. The summed E-state index contributed by atoms with van der Waals surface area (Å²) >= 11 is 0. The second-order valence-electron chi connectivity index (χ2n) is 9.39. The Morgan fingerprint density at radius 2 is 1.13 bits per heavy atom. The van der Waals surface area contributed by atoms with Gasteiger partial charge in [0.2, 0.25) is 0 Å². The first-order valence-corrected chi connectivity index (χ1v) is 12.6. The first-order chi connectivity index (χ1) is 18.7. The van der Waals surface area contributed by atoms with Gasteiger partial charge in [0, 0.05) is 39.6 Å². The Bertz CT molecular complexity index is 1810. The van der Waals surface area contributed by atoms with Crippen LogP contribution in [0.15, 0.2) is 131 Å². The molecule has 0 saturated carbocycles. The molecule has 0 bridgehead atoms. The van der Waals surface area contributed by atoms with Crippen molar-refractivity contribution >= 4 is 28.0 Å². The number of para-hydroxylation sites is 4. The molecule has 1 aliphatic heterocycles. The highest BCUT2D eigenvalue weighted by molar-refractivity contribution is 5.97. The molecule has 7 rings (SSSR count). The Morgan fingerprint density at radius 1 is 0.605 bits per heavy atom. The van der Waals surface area contributed by atoms with Crippen LogP contribution in [0.5, 0.6) is 11.5 Å². The Kier molecular flexibility index (Phi) is 5.12. The van der Waals surface area contributed by atoms with Crippen LogP contribution in [0.2, 0.25) is 0 Å². The van der Waals surface area contributed by atoms with Gasteiger partial charge in [-0.05, 0) is 43.3 Å². The van der Waals surface area contributed by atoms with Gasteiger partial charge >= 0.3 is 0 Å². The number of fused-ring (bicyclic) bond motifs is 7. The molecule has 0 saturated heterocycles. The van der Waals surface area contributed by atoms with Gasteiger partial charge in [0.15, 0.2) is 5.43 Å². The van der Waals surface area contributed by atoms with Crippen molar-refractivity contribution in [3.63, 3.8) is 0 Å². The molecule has 0 amide bonds. The van der Waals surface area contributed by atoms with Gasteiger partial charge < -0.3 is 14.1 Å². The van der Waals surface area contributed by atoms with Crippen LogP contribution in [-0.4, -0.2) is 0 Å². The quantitative estimate of drug-likeness (QED) is 0.229. The molecule has 2 heterocycles. The third kappa shape index (κ3) is 3.50. The lowest BCUT2D eigenvalue weighted by atomic mass is 9.96. The summed E-state index contributed by atoms with van der Waals surface area (Å²) in [5.41, 5.74) is 8.04. The van der Waals surface area contributed by atoms with E-state index in [4.69, 9.17) is 9.15 Å². The average molecular weight is 494 g/mol. The lowest BCUT2D eigenvalue weighted by Gasteiger charge is -2.31. The second kappa shape index (κ2) is 8.79. The highest BCUT2D eigenvalue weighted by Gasteiger charge is 2.25. The Morgan fingerprint density at radius 3 is 1.74 bits per heavy atom. The summed E-state index contributed by atoms with van der Waals surface area (Å²) < 4.78 is 12.5. The number of nitrogens with zero attached hydrogens (tertiary/aromatic N) is 1. The van der Waals surface area contributed by atoms with Crippen molar-refractivity contribution in [2.75, 3.05) is 4.90 Å². The number of anilines is 3. The molecule has 0 unspecified atom stereocenters. The molecule has 4 nitrogen and oxygen atoms in total. The third-order valence-electron chi connectivity index (χ3n) is 7.05. The summed E-state index contributed by atoms with van der Waals surface area (Å²) in [5.74, 6) is 1.57. The Balaban J connectivity index is 1.60. The first kappa shape index (κ1) is 22.1. The molecule has 1 aliphatic rings. The molecular formula is C34H23NO3. The molecule has 0 spiro atoms. The van der Waals surface area contributed by atoms with Crippen molar-refractivity contribution in [2.24, 2.45) is 0 Å². The van der Waals surface area contributed by atoms with Crippen molar-refractivity contribution in [2.45, 2.75) is 6.92 Å². The molecule has 0 aliphatic carbocycles. The number of rotatable bonds is 1. The van der Waals surface area contributed by atoms with Crippen molar-refractivity contribution < 1.29 is 9.15 Å². The third-order valence-corrected chi connectivity index (χ3v) is 7.05. The van der Waals surface area contributed by atoms with E-state index < -0.39 is 0 Å². The minimum absolute atomic E-state index is 0.0143. The molecule has 4 heteroatoms. The molecule has 5 aromatic carbocycles. The number of hydrogen-bond donors (Lipinski definition) is 0. The van der Waals surface area contributed by atoms with E-state index in [0.29, 0.717) is 16.5 Å². The van der Waals surface area contributed by atoms with Crippen LogP contribution in [0, 0.1) is 6.92 Å². The lowest BCUT2D eigenvalue weighted by Crippen LogP contribution is -2.14. The smallest absolute Gasteiger partial charge is 0.195 e. The molecule has 38 heavy (non-hydrogen) atoms. The van der Waals surface area contributed by atoms with Crippen LogP contribution in [0.3, 0.4) is 0 Å². The van der Waals surface area contributed by atoms with E-state index in [2.05, 4.69) is 41.3 Å². The van der Waals surface area contributed by atoms with Gasteiger partial charge in [-0.25, -0.2) is 0 Å². The van der Waals surface area contributed by atoms with Crippen LogP contribution in [-0.2, 0) is 0 Å². The van der Waals surface area contributed by atoms with Crippen LogP contribution in [0.4, 0.5) is 17.1 Å². The molecule has 0 radical (unpaired) electrons. The van der Waals surface area contributed by atoms with E-state index in [9.17, 15) is 4.79 Å². The fourth-order valence-corrected chi connectivity index (χ4v) is 5.23. The standard InChI is InChI=1S/C34H23NO3/c1-22-21-37-33-20-23(18-19-28(33)34(22)36)35-29-14-6-2-10-24(29)26-12-4-8-16-31(26)38-32-17-9-5-13-27(32)25-11-3-7-15-30(25)35/h2-21H,1H3. The van der Waals surface area contributed by atoms with Gasteiger partial charge in [-0.1, -0.05) is 72.8 Å². The maximum atomic E-state index is 12.8. The van der Waals surface area contributed by atoms with E-state index >= 15 is 0 Å². The fraction of sp³-hybridized carbons (Fsp3) is 0.0294. The van der Waals surface area contributed by atoms with Gasteiger partial charge in [-0.2, -0.15) is 0 Å². The van der Waals surface area contributed by atoms with Crippen LogP contribution >= 0.6 is 0 Å². The van der Waals surface area contributed by atoms with Crippen molar-refractivity contribution in [3.8, 4) is 33.8 Å². The van der Waals surface area contributed by atoms with Crippen molar-refractivity contribution in [3.05, 3.63) is 137 Å². The van der Waals surface area contributed by atoms with E-state index in [0.717, 1.165) is 50.8 Å². The summed E-state index contributed by atoms with van der Waals surface area (Å²) in [5, 5.41) is 0.570. The largest absolute Gasteiger partial charge is 0.464 e. The molecule has 1 aromatic heterocycles. The number of hydrogen-bond acceptors (Lipinski definition) is 4. The average Bonchev–Trinajstić information content (AvgIpc) is 2.96. The predicted octanol–water partition coefficient (Wildman–Crippen LogP) is 9.01. The SMILES string of the molecule is Cc1coc2cc(N3c4ccccc4-c4ccccc4Oc4ccccc4-c4ccccc43)ccc2c1=O. The van der Waals surface area contributed by atoms with E-state index in [1.54, 1.807) is 6.92 Å². The zero-order valence-corrected chi connectivity index (χ0v) is 20.7. The number of aryl methyl sites for hydroxylation is 1. The summed E-state index contributed by atoms with van der Waals surface area (Å²) in [6.45, 7) is 1.77. The van der Waals surface area contributed by atoms with Crippen molar-refractivity contribution in [1.82, 2.24) is 0 Å². The zero-order chi connectivity index (χ0) is 25.6. The second-order valence-corrected chi connectivity index (χ2v) is 9.39. The lowest BCUT2D eigenvalue weighted by molar-refractivity contribution is 0.486. The summed E-state index contributed by atoms with van der Waals surface area (Å²) in [6, 6.07) is 38.7.